The molecule has 0 radical (unpaired) electrons. The van der Waals surface area contributed by atoms with Crippen molar-refractivity contribution in [3.8, 4) is 0 Å². The van der Waals surface area contributed by atoms with Gasteiger partial charge in [0.15, 0.2) is 0 Å². The summed E-state index contributed by atoms with van der Waals surface area (Å²) in [5.74, 6) is -3.31. The highest BCUT2D eigenvalue weighted by Gasteiger charge is 2.68. The van der Waals surface area contributed by atoms with Crippen molar-refractivity contribution in [1.82, 2.24) is 0 Å². The minimum Gasteiger partial charge on any atom is -0.475 e. The van der Waals surface area contributed by atoms with Gasteiger partial charge in [-0.15, -0.1) is 0 Å². The normalized spacial score (nSPS) is 45.4. The Morgan fingerprint density at radius 1 is 1.50 bits per heavy atom. The molecule has 100 valence electrons. The summed E-state index contributed by atoms with van der Waals surface area (Å²) in [7, 11) is 0. The van der Waals surface area contributed by atoms with Crippen LogP contribution in [0.4, 0.5) is 8.78 Å². The van der Waals surface area contributed by atoms with E-state index in [0.29, 0.717) is 6.42 Å². The molecule has 1 N–H and O–H groups in total. The highest BCUT2D eigenvalue weighted by Crippen LogP contribution is 2.58. The van der Waals surface area contributed by atoms with Gasteiger partial charge < -0.3 is 14.6 Å². The van der Waals surface area contributed by atoms with Crippen molar-refractivity contribution in [3.63, 3.8) is 0 Å². The Bertz CT molecular complexity index is 428. The average Bonchev–Trinajstić information content (AvgIpc) is 2.82. The summed E-state index contributed by atoms with van der Waals surface area (Å²) >= 11 is 2.04. The Morgan fingerprint density at radius 3 is 2.78 bits per heavy atom. The summed E-state index contributed by atoms with van der Waals surface area (Å²) in [6.07, 6.45) is -5.40. The molecule has 0 aromatic carbocycles. The maximum atomic E-state index is 13.1. The van der Waals surface area contributed by atoms with Crippen molar-refractivity contribution in [2.45, 2.75) is 28.7 Å². The molecule has 2 bridgehead atoms. The van der Waals surface area contributed by atoms with Gasteiger partial charge in [-0.25, -0.2) is 4.79 Å². The Hall–Kier alpha value is -0.510. The topological polar surface area (TPSA) is 72.8 Å². The van der Waals surface area contributed by atoms with Gasteiger partial charge in [0, 0.05) is 15.8 Å². The molecule has 3 fully saturated rings. The first-order valence-electron chi connectivity index (χ1n) is 5.46. The summed E-state index contributed by atoms with van der Waals surface area (Å²) in [6, 6.07) is 0. The lowest BCUT2D eigenvalue weighted by Crippen LogP contribution is -2.46. The Kier molecular flexibility index (Phi) is 2.61. The third kappa shape index (κ3) is 1.50. The number of esters is 1. The molecule has 3 aliphatic rings. The second-order valence-electron chi connectivity index (χ2n) is 4.84. The molecule has 18 heavy (non-hydrogen) atoms. The second-order valence-corrected chi connectivity index (χ2v) is 6.28. The van der Waals surface area contributed by atoms with Crippen LogP contribution in [-0.4, -0.2) is 39.3 Å². The fraction of sp³-hybridized carbons (Fsp3) is 0.800. The minimum atomic E-state index is -4.24. The standard InChI is InChI=1S/C10H9F2IO5/c11-10(12,9(15)16)18-7-3-1-2-4(5(3)13)8(14)17-6(2)7/h2-7H,1H2,(H,15,16). The Balaban J connectivity index is 1.84. The predicted molar refractivity (Wildman–Crippen MR) is 60.2 cm³/mol. The quantitative estimate of drug-likeness (QED) is 0.454. The number of carbonyl (C=O) groups is 2. The number of carboxylic acid groups (broad SMARTS) is 1. The fourth-order valence-electron chi connectivity index (χ4n) is 3.28. The smallest absolute Gasteiger partial charge is 0.456 e. The molecule has 8 heteroatoms. The number of carboxylic acids is 1. The van der Waals surface area contributed by atoms with Gasteiger partial charge in [-0.1, -0.05) is 22.6 Å². The molecular weight excluding hydrogens is 365 g/mol. The van der Waals surface area contributed by atoms with Gasteiger partial charge >= 0.3 is 18.0 Å². The SMILES string of the molecule is O=C1OC2C3CC(C(I)C13)C2OC(F)(F)C(=O)O. The zero-order chi connectivity index (χ0) is 13.2. The highest BCUT2D eigenvalue weighted by atomic mass is 127. The molecule has 0 aromatic heterocycles. The predicted octanol–water partition coefficient (Wildman–Crippen LogP) is 1.04. The lowest BCUT2D eigenvalue weighted by Gasteiger charge is -2.30. The lowest BCUT2D eigenvalue weighted by atomic mass is 9.88. The zero-order valence-electron chi connectivity index (χ0n) is 8.89. The van der Waals surface area contributed by atoms with Crippen molar-refractivity contribution in [2.24, 2.45) is 17.8 Å². The number of alkyl halides is 3. The van der Waals surface area contributed by atoms with E-state index in [1.807, 2.05) is 22.6 Å². The maximum Gasteiger partial charge on any atom is 0.456 e. The minimum absolute atomic E-state index is 0.112. The lowest BCUT2D eigenvalue weighted by molar-refractivity contribution is -0.276. The van der Waals surface area contributed by atoms with E-state index in [1.165, 1.54) is 0 Å². The first-order valence-corrected chi connectivity index (χ1v) is 6.71. The molecule has 1 heterocycles. The molecule has 3 rings (SSSR count). The molecule has 1 aliphatic heterocycles. The first kappa shape index (κ1) is 12.5. The molecule has 2 aliphatic carbocycles. The molecule has 0 aromatic rings. The number of carbonyl (C=O) groups excluding carboxylic acids is 1. The van der Waals surface area contributed by atoms with Crippen LogP contribution in [0.25, 0.3) is 0 Å². The summed E-state index contributed by atoms with van der Waals surface area (Å²) in [5.41, 5.74) is 0. The Morgan fingerprint density at radius 2 is 2.17 bits per heavy atom. The molecule has 6 unspecified atom stereocenters. The summed E-state index contributed by atoms with van der Waals surface area (Å²) in [5, 5.41) is 8.37. The van der Waals surface area contributed by atoms with E-state index in [2.05, 4.69) is 4.74 Å². The van der Waals surface area contributed by atoms with Crippen LogP contribution in [0.5, 0.6) is 0 Å². The first-order chi connectivity index (χ1) is 8.33. The molecule has 5 nitrogen and oxygen atoms in total. The summed E-state index contributed by atoms with van der Waals surface area (Å²) in [6.45, 7) is 0. The van der Waals surface area contributed by atoms with Crippen LogP contribution in [0, 0.1) is 17.8 Å². The van der Waals surface area contributed by atoms with Crippen molar-refractivity contribution >= 4 is 34.5 Å². The molecule has 6 atom stereocenters. The van der Waals surface area contributed by atoms with Gasteiger partial charge in [0.2, 0.25) is 0 Å². The third-order valence-electron chi connectivity index (χ3n) is 3.98. The third-order valence-corrected chi connectivity index (χ3v) is 5.68. The maximum absolute atomic E-state index is 13.1. The molecule has 1 saturated heterocycles. The Labute approximate surface area is 114 Å². The molecule has 0 spiro atoms. The van der Waals surface area contributed by atoms with Gasteiger partial charge in [-0.3, -0.25) is 4.79 Å². The molecule has 0 amide bonds. The van der Waals surface area contributed by atoms with Gasteiger partial charge in [-0.05, 0) is 6.42 Å². The van der Waals surface area contributed by atoms with E-state index >= 15 is 0 Å². The van der Waals surface area contributed by atoms with E-state index in [-0.39, 0.29) is 27.6 Å². The van der Waals surface area contributed by atoms with Gasteiger partial charge in [0.25, 0.3) is 0 Å². The molecule has 2 saturated carbocycles. The van der Waals surface area contributed by atoms with Crippen molar-refractivity contribution in [3.05, 3.63) is 0 Å². The molecular formula is C10H9F2IO5. The van der Waals surface area contributed by atoms with E-state index in [9.17, 15) is 18.4 Å². The largest absolute Gasteiger partial charge is 0.475 e. The van der Waals surface area contributed by atoms with Crippen LogP contribution >= 0.6 is 22.6 Å². The van der Waals surface area contributed by atoms with Crippen LogP contribution in [-0.2, 0) is 19.1 Å². The summed E-state index contributed by atoms with van der Waals surface area (Å²) in [4.78, 5) is 21.9. The van der Waals surface area contributed by atoms with Crippen LogP contribution in [0.2, 0.25) is 0 Å². The monoisotopic (exact) mass is 374 g/mol. The highest BCUT2D eigenvalue weighted by molar-refractivity contribution is 14.1. The van der Waals surface area contributed by atoms with Crippen LogP contribution in [0.1, 0.15) is 6.42 Å². The second kappa shape index (κ2) is 3.75. The number of hydrogen-bond donors (Lipinski definition) is 1. The number of ether oxygens (including phenoxy) is 2. The van der Waals surface area contributed by atoms with Gasteiger partial charge in [-0.2, -0.15) is 8.78 Å². The fourth-order valence-corrected chi connectivity index (χ4v) is 4.81. The van der Waals surface area contributed by atoms with Crippen LogP contribution in [0.3, 0.4) is 0 Å². The van der Waals surface area contributed by atoms with Crippen molar-refractivity contribution in [1.29, 1.82) is 0 Å². The van der Waals surface area contributed by atoms with E-state index in [4.69, 9.17) is 9.84 Å². The van der Waals surface area contributed by atoms with Crippen molar-refractivity contribution < 1.29 is 33.0 Å². The average molecular weight is 374 g/mol. The van der Waals surface area contributed by atoms with Gasteiger partial charge in [0.1, 0.15) is 12.2 Å². The number of fused-ring (bicyclic) bond motifs is 1. The van der Waals surface area contributed by atoms with Crippen LogP contribution in [0.15, 0.2) is 0 Å². The van der Waals surface area contributed by atoms with Gasteiger partial charge in [0.05, 0.1) is 5.92 Å². The van der Waals surface area contributed by atoms with E-state index < -0.39 is 24.3 Å². The summed E-state index contributed by atoms with van der Waals surface area (Å²) < 4.78 is 35.6. The van der Waals surface area contributed by atoms with E-state index in [1.54, 1.807) is 0 Å². The zero-order valence-corrected chi connectivity index (χ0v) is 11.0. The number of rotatable bonds is 3. The van der Waals surface area contributed by atoms with Crippen LogP contribution < -0.4 is 0 Å². The number of hydrogen-bond acceptors (Lipinski definition) is 4. The number of halogens is 3. The van der Waals surface area contributed by atoms with Crippen molar-refractivity contribution in [2.75, 3.05) is 0 Å². The number of aliphatic carboxylic acids is 1. The van der Waals surface area contributed by atoms with E-state index in [0.717, 1.165) is 0 Å².